The number of rotatable bonds is 4. The van der Waals surface area contributed by atoms with Crippen LogP contribution in [-0.2, 0) is 0 Å². The van der Waals surface area contributed by atoms with E-state index < -0.39 is 0 Å². The molecule has 8 heteroatoms. The van der Waals surface area contributed by atoms with Crippen molar-refractivity contribution in [3.8, 4) is 0 Å². The van der Waals surface area contributed by atoms with E-state index in [2.05, 4.69) is 14.7 Å². The molecule has 0 atom stereocenters. The smallest absolute Gasteiger partial charge is 0.267 e. The maximum absolute atomic E-state index is 12.0. The zero-order chi connectivity index (χ0) is 13.0. The number of nitrogens with zero attached hydrogens (tertiary/aromatic N) is 4. The molecule has 1 amide bonds. The van der Waals surface area contributed by atoms with Gasteiger partial charge < -0.3 is 15.8 Å². The number of amidine groups is 1. The van der Waals surface area contributed by atoms with Crippen molar-refractivity contribution in [1.29, 1.82) is 0 Å². The van der Waals surface area contributed by atoms with Gasteiger partial charge in [0.1, 0.15) is 4.88 Å². The lowest BCUT2D eigenvalue weighted by atomic mass is 10.1. The van der Waals surface area contributed by atoms with Gasteiger partial charge in [-0.1, -0.05) is 23.5 Å². The maximum atomic E-state index is 12.0. The van der Waals surface area contributed by atoms with Crippen LogP contribution in [0.25, 0.3) is 0 Å². The Labute approximate surface area is 103 Å². The summed E-state index contributed by atoms with van der Waals surface area (Å²) in [4.78, 5) is 13.9. The van der Waals surface area contributed by atoms with Gasteiger partial charge in [0.05, 0.1) is 12.2 Å². The van der Waals surface area contributed by atoms with Crippen molar-refractivity contribution in [3.05, 3.63) is 10.6 Å². The molecule has 0 saturated heterocycles. The van der Waals surface area contributed by atoms with Gasteiger partial charge in [-0.2, -0.15) is 0 Å². The highest BCUT2D eigenvalue weighted by Crippen LogP contribution is 2.20. The lowest BCUT2D eigenvalue weighted by molar-refractivity contribution is 0.0816. The van der Waals surface area contributed by atoms with Crippen LogP contribution in [0.15, 0.2) is 5.16 Å². The average Bonchev–Trinajstić information content (AvgIpc) is 2.76. The van der Waals surface area contributed by atoms with E-state index in [1.165, 1.54) is 4.90 Å². The van der Waals surface area contributed by atoms with Gasteiger partial charge in [0.15, 0.2) is 5.84 Å². The number of oxime groups is 1. The fraction of sp³-hybridized carbons (Fsp3) is 0.556. The molecule has 7 nitrogen and oxygen atoms in total. The fourth-order valence-electron chi connectivity index (χ4n) is 1.24. The Bertz CT molecular complexity index is 429. The summed E-state index contributed by atoms with van der Waals surface area (Å²) >= 11 is 1.05. The molecule has 0 aliphatic heterocycles. The monoisotopic (exact) mass is 257 g/mol. The molecule has 0 bridgehead atoms. The standard InChI is InChI=1S/C9H15N5O2S/c1-5(2)7-8(17-13-11-7)9(15)14(3)4-6(10)12-16/h5,16H,4H2,1-3H3,(H2,10,12). The van der Waals surface area contributed by atoms with E-state index in [0.717, 1.165) is 11.5 Å². The summed E-state index contributed by atoms with van der Waals surface area (Å²) in [5.74, 6) is -0.121. The number of carbonyl (C=O) groups is 1. The van der Waals surface area contributed by atoms with Gasteiger partial charge in [0.25, 0.3) is 5.91 Å². The summed E-state index contributed by atoms with van der Waals surface area (Å²) in [5, 5.41) is 15.2. The first-order valence-electron chi connectivity index (χ1n) is 5.01. The first kappa shape index (κ1) is 13.4. The van der Waals surface area contributed by atoms with Crippen molar-refractivity contribution < 1.29 is 10.0 Å². The number of nitrogens with two attached hydrogens (primary N) is 1. The first-order chi connectivity index (χ1) is 7.97. The first-order valence-corrected chi connectivity index (χ1v) is 5.78. The Morgan fingerprint density at radius 1 is 1.65 bits per heavy atom. The minimum atomic E-state index is -0.227. The molecule has 0 unspecified atom stereocenters. The van der Waals surface area contributed by atoms with Gasteiger partial charge in [-0.3, -0.25) is 4.79 Å². The average molecular weight is 257 g/mol. The van der Waals surface area contributed by atoms with Crippen LogP contribution in [0.3, 0.4) is 0 Å². The highest BCUT2D eigenvalue weighted by Gasteiger charge is 2.22. The van der Waals surface area contributed by atoms with Gasteiger partial charge in [-0.25, -0.2) is 0 Å². The molecule has 1 aromatic rings. The SMILES string of the molecule is CC(C)c1nnsc1C(=O)N(C)CC(N)=NO. The minimum absolute atomic E-state index is 0.0237. The predicted molar refractivity (Wildman–Crippen MR) is 64.4 cm³/mol. The number of likely N-dealkylation sites (N-methyl/N-ethyl adjacent to an activating group) is 1. The molecule has 1 rings (SSSR count). The van der Waals surface area contributed by atoms with Crippen LogP contribution >= 0.6 is 11.5 Å². The molecule has 0 radical (unpaired) electrons. The van der Waals surface area contributed by atoms with Crippen molar-refractivity contribution in [1.82, 2.24) is 14.5 Å². The van der Waals surface area contributed by atoms with Crippen LogP contribution in [0.1, 0.15) is 35.1 Å². The fourth-order valence-corrected chi connectivity index (χ4v) is 2.06. The molecule has 1 heterocycles. The number of hydrogen-bond donors (Lipinski definition) is 2. The summed E-state index contributed by atoms with van der Waals surface area (Å²) in [6.45, 7) is 3.94. The minimum Gasteiger partial charge on any atom is -0.409 e. The Kier molecular flexibility index (Phi) is 4.38. The molecule has 0 saturated carbocycles. The van der Waals surface area contributed by atoms with Crippen molar-refractivity contribution in [2.45, 2.75) is 19.8 Å². The van der Waals surface area contributed by atoms with Crippen LogP contribution in [0.2, 0.25) is 0 Å². The van der Waals surface area contributed by atoms with Gasteiger partial charge in [-0.15, -0.1) is 5.10 Å². The largest absolute Gasteiger partial charge is 0.409 e. The predicted octanol–water partition coefficient (Wildman–Crippen LogP) is 0.480. The van der Waals surface area contributed by atoms with E-state index >= 15 is 0 Å². The molecule has 94 valence electrons. The Balaban J connectivity index is 2.85. The maximum Gasteiger partial charge on any atom is 0.267 e. The second-order valence-corrected chi connectivity index (χ2v) is 4.65. The molecule has 0 spiro atoms. The third kappa shape index (κ3) is 3.13. The number of carbonyl (C=O) groups excluding carboxylic acids is 1. The van der Waals surface area contributed by atoms with Crippen LogP contribution in [0.5, 0.6) is 0 Å². The molecular weight excluding hydrogens is 242 g/mol. The molecule has 0 fully saturated rings. The summed E-state index contributed by atoms with van der Waals surface area (Å²) < 4.78 is 3.78. The van der Waals surface area contributed by atoms with E-state index in [1.54, 1.807) is 7.05 Å². The van der Waals surface area contributed by atoms with Crippen LogP contribution in [-0.4, -0.2) is 45.0 Å². The highest BCUT2D eigenvalue weighted by atomic mass is 32.1. The van der Waals surface area contributed by atoms with Crippen LogP contribution < -0.4 is 5.73 Å². The van der Waals surface area contributed by atoms with Crippen molar-refractivity contribution in [2.24, 2.45) is 10.9 Å². The van der Waals surface area contributed by atoms with Gasteiger partial charge in [0, 0.05) is 7.05 Å². The van der Waals surface area contributed by atoms with E-state index in [1.807, 2.05) is 13.8 Å². The van der Waals surface area contributed by atoms with Crippen LogP contribution in [0, 0.1) is 0 Å². The summed E-state index contributed by atoms with van der Waals surface area (Å²) in [7, 11) is 1.57. The van der Waals surface area contributed by atoms with Crippen molar-refractivity contribution in [2.75, 3.05) is 13.6 Å². The van der Waals surface area contributed by atoms with E-state index in [-0.39, 0.29) is 24.2 Å². The third-order valence-corrected chi connectivity index (χ3v) is 2.86. The second-order valence-electron chi connectivity index (χ2n) is 3.89. The molecule has 0 aliphatic rings. The molecule has 1 aromatic heterocycles. The Hall–Kier alpha value is -1.70. The van der Waals surface area contributed by atoms with Gasteiger partial charge in [-0.05, 0) is 17.5 Å². The number of aromatic nitrogens is 2. The van der Waals surface area contributed by atoms with E-state index in [9.17, 15) is 4.79 Å². The molecule has 0 aromatic carbocycles. The summed E-state index contributed by atoms with van der Waals surface area (Å²) in [5.41, 5.74) is 6.01. The lowest BCUT2D eigenvalue weighted by Crippen LogP contribution is -2.35. The summed E-state index contributed by atoms with van der Waals surface area (Å²) in [6.07, 6.45) is 0. The highest BCUT2D eigenvalue weighted by molar-refractivity contribution is 7.08. The van der Waals surface area contributed by atoms with Gasteiger partial charge in [0.2, 0.25) is 0 Å². The molecule has 0 aliphatic carbocycles. The molecule has 17 heavy (non-hydrogen) atoms. The van der Waals surface area contributed by atoms with E-state index in [0.29, 0.717) is 10.6 Å². The van der Waals surface area contributed by atoms with E-state index in [4.69, 9.17) is 10.9 Å². The Morgan fingerprint density at radius 3 is 2.82 bits per heavy atom. The number of hydrogen-bond acceptors (Lipinski definition) is 6. The number of amides is 1. The zero-order valence-corrected chi connectivity index (χ0v) is 10.7. The summed E-state index contributed by atoms with van der Waals surface area (Å²) in [6, 6.07) is 0. The topological polar surface area (TPSA) is 105 Å². The molecule has 3 N–H and O–H groups in total. The van der Waals surface area contributed by atoms with Crippen molar-refractivity contribution >= 4 is 23.3 Å². The zero-order valence-electron chi connectivity index (χ0n) is 9.91. The second kappa shape index (κ2) is 5.58. The lowest BCUT2D eigenvalue weighted by Gasteiger charge is -2.15. The van der Waals surface area contributed by atoms with Crippen molar-refractivity contribution in [3.63, 3.8) is 0 Å². The molecular formula is C9H15N5O2S. The van der Waals surface area contributed by atoms with Crippen LogP contribution in [0.4, 0.5) is 0 Å². The third-order valence-electron chi connectivity index (χ3n) is 2.13. The quantitative estimate of drug-likeness (QED) is 0.353. The Morgan fingerprint density at radius 2 is 2.29 bits per heavy atom. The van der Waals surface area contributed by atoms with Gasteiger partial charge >= 0.3 is 0 Å². The normalized spacial score (nSPS) is 11.9.